The minimum atomic E-state index is -1.05. The van der Waals surface area contributed by atoms with Crippen molar-refractivity contribution in [3.8, 4) is 11.5 Å². The summed E-state index contributed by atoms with van der Waals surface area (Å²) < 4.78 is 11.1. The number of carbonyl (C=O) groups excluding carboxylic acids is 3. The van der Waals surface area contributed by atoms with Gasteiger partial charge in [0.15, 0.2) is 6.61 Å². The first-order valence-corrected chi connectivity index (χ1v) is 17.7. The van der Waals surface area contributed by atoms with E-state index < -0.39 is 36.0 Å². The molecule has 3 amide bonds. The van der Waals surface area contributed by atoms with Crippen LogP contribution in [0, 0.1) is 19.8 Å². The van der Waals surface area contributed by atoms with Crippen LogP contribution in [0.1, 0.15) is 48.1 Å². The third-order valence-corrected chi connectivity index (χ3v) is 8.85. The van der Waals surface area contributed by atoms with E-state index in [1.54, 1.807) is 25.3 Å². The molecule has 0 fully saturated rings. The predicted molar refractivity (Wildman–Crippen MR) is 205 cm³/mol. The second kappa shape index (κ2) is 19.8. The number of aliphatic hydroxyl groups is 1. The van der Waals surface area contributed by atoms with Gasteiger partial charge in [0.1, 0.15) is 17.5 Å². The van der Waals surface area contributed by atoms with Gasteiger partial charge in [-0.1, -0.05) is 105 Å². The van der Waals surface area contributed by atoms with Crippen LogP contribution in [-0.4, -0.2) is 60.8 Å². The van der Waals surface area contributed by atoms with Crippen LogP contribution in [0.2, 0.25) is 0 Å². The van der Waals surface area contributed by atoms with Gasteiger partial charge in [-0.3, -0.25) is 14.4 Å². The lowest BCUT2D eigenvalue weighted by Crippen LogP contribution is -2.55. The third-order valence-electron chi connectivity index (χ3n) is 8.85. The molecule has 0 spiro atoms. The van der Waals surface area contributed by atoms with Gasteiger partial charge in [0.2, 0.25) is 11.8 Å². The Hall–Kier alpha value is -5.41. The van der Waals surface area contributed by atoms with Gasteiger partial charge in [-0.05, 0) is 85.1 Å². The standard InChI is InChI=1S/C43H51N3O6/c1-29(2)41(46-39(48)24-21-32-19-22-36(51-5)23-20-32)43(50)45-37(26-34-17-10-7-11-18-34)38(47)27-35(25-33-15-8-6-9-16-33)44-40(49)28-52-42-30(3)13-12-14-31(42)4/h6-24,29,35,37-38,41,47H,25-28H2,1-5H3,(H,44,49)(H,45,50)(H,46,48)/b24-21+/t35-,37-,38-,41?/m0/s1. The summed E-state index contributed by atoms with van der Waals surface area (Å²) in [5.41, 5.74) is 4.59. The molecule has 0 aliphatic heterocycles. The number of aryl methyl sites for hydroxylation is 2. The molecule has 9 nitrogen and oxygen atoms in total. The van der Waals surface area contributed by atoms with Crippen LogP contribution >= 0.6 is 0 Å². The Morgan fingerprint density at radius 2 is 1.35 bits per heavy atom. The number of hydrogen-bond acceptors (Lipinski definition) is 6. The van der Waals surface area contributed by atoms with Crippen molar-refractivity contribution in [3.63, 3.8) is 0 Å². The second-order valence-electron chi connectivity index (χ2n) is 13.4. The SMILES string of the molecule is COc1ccc(/C=C/C(=O)NC(C(=O)N[C@@H](Cc2ccccc2)[C@@H](O)C[C@H](Cc2ccccc2)NC(=O)COc2c(C)cccc2C)C(C)C)cc1. The first-order valence-electron chi connectivity index (χ1n) is 17.7. The average molecular weight is 706 g/mol. The van der Waals surface area contributed by atoms with E-state index >= 15 is 0 Å². The minimum Gasteiger partial charge on any atom is -0.497 e. The molecule has 4 aromatic rings. The third kappa shape index (κ3) is 12.4. The maximum atomic E-state index is 13.8. The molecule has 4 rings (SSSR count). The molecule has 0 saturated carbocycles. The highest BCUT2D eigenvalue weighted by Crippen LogP contribution is 2.22. The van der Waals surface area contributed by atoms with Crippen molar-refractivity contribution in [1.29, 1.82) is 0 Å². The van der Waals surface area contributed by atoms with Gasteiger partial charge in [-0.25, -0.2) is 0 Å². The van der Waals surface area contributed by atoms with Crippen molar-refractivity contribution in [2.45, 2.75) is 71.2 Å². The number of rotatable bonds is 18. The number of carbonyl (C=O) groups is 3. The van der Waals surface area contributed by atoms with Crippen molar-refractivity contribution in [1.82, 2.24) is 16.0 Å². The summed E-state index contributed by atoms with van der Waals surface area (Å²) in [6, 6.07) is 30.3. The van der Waals surface area contributed by atoms with Crippen LogP contribution in [0.4, 0.5) is 0 Å². The smallest absolute Gasteiger partial charge is 0.258 e. The van der Waals surface area contributed by atoms with Gasteiger partial charge in [0.05, 0.1) is 19.3 Å². The second-order valence-corrected chi connectivity index (χ2v) is 13.4. The Kier molecular flexibility index (Phi) is 15.0. The Balaban J connectivity index is 1.49. The molecule has 4 N–H and O–H groups in total. The van der Waals surface area contributed by atoms with Crippen molar-refractivity contribution < 1.29 is 29.0 Å². The van der Waals surface area contributed by atoms with Crippen molar-refractivity contribution >= 4 is 23.8 Å². The predicted octanol–water partition coefficient (Wildman–Crippen LogP) is 5.75. The quantitative estimate of drug-likeness (QED) is 0.0978. The van der Waals surface area contributed by atoms with Crippen LogP contribution in [-0.2, 0) is 27.2 Å². The maximum absolute atomic E-state index is 13.8. The summed E-state index contributed by atoms with van der Waals surface area (Å²) in [5.74, 6) is -0.00251. The zero-order valence-corrected chi connectivity index (χ0v) is 30.7. The number of para-hydroxylation sites is 1. The molecule has 0 bridgehead atoms. The number of methoxy groups -OCH3 is 1. The van der Waals surface area contributed by atoms with E-state index in [1.165, 1.54) is 6.08 Å². The molecule has 0 radical (unpaired) electrons. The highest BCUT2D eigenvalue weighted by Gasteiger charge is 2.30. The van der Waals surface area contributed by atoms with E-state index in [2.05, 4.69) is 16.0 Å². The molecule has 0 aromatic heterocycles. The Morgan fingerprint density at radius 3 is 1.92 bits per heavy atom. The normalized spacial score (nSPS) is 13.5. The first kappa shape index (κ1) is 39.4. The summed E-state index contributed by atoms with van der Waals surface area (Å²) >= 11 is 0. The number of amides is 3. The van der Waals surface area contributed by atoms with Gasteiger partial charge in [0.25, 0.3) is 5.91 Å². The van der Waals surface area contributed by atoms with Crippen molar-refractivity contribution in [2.75, 3.05) is 13.7 Å². The molecule has 0 saturated heterocycles. The lowest BCUT2D eigenvalue weighted by atomic mass is 9.93. The van der Waals surface area contributed by atoms with Gasteiger partial charge in [-0.2, -0.15) is 0 Å². The van der Waals surface area contributed by atoms with Gasteiger partial charge in [-0.15, -0.1) is 0 Å². The summed E-state index contributed by atoms with van der Waals surface area (Å²) in [5, 5.41) is 20.8. The average Bonchev–Trinajstić information content (AvgIpc) is 3.13. The van der Waals surface area contributed by atoms with E-state index in [-0.39, 0.29) is 24.9 Å². The number of nitrogens with one attached hydrogen (secondary N) is 3. The molecule has 9 heteroatoms. The van der Waals surface area contributed by atoms with Crippen LogP contribution in [0.5, 0.6) is 11.5 Å². The summed E-state index contributed by atoms with van der Waals surface area (Å²) in [7, 11) is 1.59. The van der Waals surface area contributed by atoms with E-state index in [0.29, 0.717) is 24.3 Å². The molecule has 4 aromatic carbocycles. The zero-order chi connectivity index (χ0) is 37.5. The first-order chi connectivity index (χ1) is 25.0. The van der Waals surface area contributed by atoms with E-state index in [4.69, 9.17) is 9.47 Å². The number of ether oxygens (including phenoxy) is 2. The lowest BCUT2D eigenvalue weighted by molar-refractivity contribution is -0.129. The molecule has 4 atom stereocenters. The van der Waals surface area contributed by atoms with E-state index in [9.17, 15) is 19.5 Å². The fraction of sp³-hybridized carbons (Fsp3) is 0.326. The molecular formula is C43H51N3O6. The Morgan fingerprint density at radius 1 is 0.750 bits per heavy atom. The van der Waals surface area contributed by atoms with Crippen molar-refractivity contribution in [3.05, 3.63) is 137 Å². The molecule has 274 valence electrons. The molecule has 0 heterocycles. The molecule has 0 aliphatic carbocycles. The highest BCUT2D eigenvalue weighted by molar-refractivity contribution is 5.95. The largest absolute Gasteiger partial charge is 0.497 e. The van der Waals surface area contributed by atoms with Gasteiger partial charge in [0, 0.05) is 12.1 Å². The minimum absolute atomic E-state index is 0.158. The summed E-state index contributed by atoms with van der Waals surface area (Å²) in [6.45, 7) is 7.40. The van der Waals surface area contributed by atoms with Crippen molar-refractivity contribution in [2.24, 2.45) is 5.92 Å². The fourth-order valence-electron chi connectivity index (χ4n) is 6.03. The van der Waals surface area contributed by atoms with E-state index in [0.717, 1.165) is 27.8 Å². The van der Waals surface area contributed by atoms with Crippen LogP contribution in [0.25, 0.3) is 6.08 Å². The Labute approximate surface area is 307 Å². The summed E-state index contributed by atoms with van der Waals surface area (Å²) in [4.78, 5) is 40.1. The topological polar surface area (TPSA) is 126 Å². The zero-order valence-electron chi connectivity index (χ0n) is 30.7. The van der Waals surface area contributed by atoms with Gasteiger partial charge < -0.3 is 30.5 Å². The number of hydrogen-bond donors (Lipinski definition) is 4. The lowest BCUT2D eigenvalue weighted by Gasteiger charge is -2.30. The highest BCUT2D eigenvalue weighted by atomic mass is 16.5. The molecule has 0 aliphatic rings. The van der Waals surface area contributed by atoms with Crippen LogP contribution in [0.15, 0.2) is 109 Å². The summed E-state index contributed by atoms with van der Waals surface area (Å²) in [6.07, 6.45) is 2.97. The van der Waals surface area contributed by atoms with Crippen LogP contribution in [0.3, 0.4) is 0 Å². The molecular weight excluding hydrogens is 654 g/mol. The molecule has 1 unspecified atom stereocenters. The van der Waals surface area contributed by atoms with Gasteiger partial charge >= 0.3 is 0 Å². The number of benzene rings is 4. The maximum Gasteiger partial charge on any atom is 0.258 e. The number of aliphatic hydroxyl groups excluding tert-OH is 1. The Bertz CT molecular complexity index is 1740. The van der Waals surface area contributed by atoms with E-state index in [1.807, 2.05) is 119 Å². The molecule has 52 heavy (non-hydrogen) atoms. The fourth-order valence-corrected chi connectivity index (χ4v) is 6.03. The monoisotopic (exact) mass is 705 g/mol. The van der Waals surface area contributed by atoms with Crippen LogP contribution < -0.4 is 25.4 Å².